The zero-order chi connectivity index (χ0) is 13.5. The molecule has 2 heterocycles. The third-order valence-corrected chi connectivity index (χ3v) is 5.65. The highest BCUT2D eigenvalue weighted by atomic mass is 32.2. The predicted molar refractivity (Wildman–Crippen MR) is 66.8 cm³/mol. The number of aromatic nitrogens is 2. The van der Waals surface area contributed by atoms with Gasteiger partial charge in [-0.2, -0.15) is 9.40 Å². The Morgan fingerprint density at radius 2 is 2.11 bits per heavy atom. The van der Waals surface area contributed by atoms with Crippen LogP contribution in [0.2, 0.25) is 0 Å². The van der Waals surface area contributed by atoms with Gasteiger partial charge in [-0.15, -0.1) is 0 Å². The number of likely N-dealkylation sites (N-methyl/N-ethyl adjacent to an activating group) is 1. The number of ether oxygens (including phenoxy) is 1. The highest BCUT2D eigenvalue weighted by Crippen LogP contribution is 2.27. The summed E-state index contributed by atoms with van der Waals surface area (Å²) in [4.78, 5) is 0.282. The highest BCUT2D eigenvalue weighted by molar-refractivity contribution is 7.89. The molecule has 1 fully saturated rings. The van der Waals surface area contributed by atoms with Crippen LogP contribution >= 0.6 is 0 Å². The summed E-state index contributed by atoms with van der Waals surface area (Å²) < 4.78 is 32.0. The van der Waals surface area contributed by atoms with Crippen LogP contribution in [-0.4, -0.2) is 48.7 Å². The van der Waals surface area contributed by atoms with Gasteiger partial charge in [-0.05, 0) is 27.2 Å². The molecule has 1 saturated heterocycles. The van der Waals surface area contributed by atoms with Crippen molar-refractivity contribution >= 4 is 10.0 Å². The second-order valence-electron chi connectivity index (χ2n) is 4.72. The smallest absolute Gasteiger partial charge is 0.246 e. The molecule has 6 nitrogen and oxygen atoms in total. The minimum Gasteiger partial charge on any atom is -0.377 e. The van der Waals surface area contributed by atoms with Crippen LogP contribution in [0.1, 0.15) is 24.7 Å². The molecule has 0 spiro atoms. The third-order valence-electron chi connectivity index (χ3n) is 3.50. The highest BCUT2D eigenvalue weighted by Gasteiger charge is 2.37. The number of hydrogen-bond acceptors (Lipinski definition) is 4. The minimum absolute atomic E-state index is 0.0720. The molecular formula is C11H19N3O3S. The van der Waals surface area contributed by atoms with E-state index in [1.54, 1.807) is 20.9 Å². The summed E-state index contributed by atoms with van der Waals surface area (Å²) in [6.07, 6.45) is 0.657. The number of aryl methyl sites for hydroxylation is 2. The average Bonchev–Trinajstić information content (AvgIpc) is 2.84. The molecule has 1 aliphatic rings. The number of hydrogen-bond donors (Lipinski definition) is 1. The second kappa shape index (κ2) is 4.64. The second-order valence-corrected chi connectivity index (χ2v) is 6.65. The molecule has 0 bridgehead atoms. The molecule has 1 N–H and O–H groups in total. The van der Waals surface area contributed by atoms with Crippen LogP contribution in [0.25, 0.3) is 0 Å². The number of rotatable bonds is 3. The Kier molecular flexibility index (Phi) is 3.48. The summed E-state index contributed by atoms with van der Waals surface area (Å²) in [6.45, 7) is 5.92. The standard InChI is InChI=1S/C11H19N3O3S/c1-7-11(8(2)13-12-7)18(15,16)14(4)10-5-6-17-9(10)3/h9-10H,5-6H2,1-4H3,(H,12,13). The van der Waals surface area contributed by atoms with Crippen molar-refractivity contribution in [2.45, 2.75) is 44.2 Å². The maximum Gasteiger partial charge on any atom is 0.246 e. The quantitative estimate of drug-likeness (QED) is 0.885. The van der Waals surface area contributed by atoms with Gasteiger partial charge in [-0.1, -0.05) is 0 Å². The molecule has 2 rings (SSSR count). The van der Waals surface area contributed by atoms with E-state index in [-0.39, 0.29) is 17.0 Å². The van der Waals surface area contributed by atoms with Crippen molar-refractivity contribution in [3.05, 3.63) is 11.4 Å². The van der Waals surface area contributed by atoms with Crippen molar-refractivity contribution in [2.75, 3.05) is 13.7 Å². The van der Waals surface area contributed by atoms with E-state index in [4.69, 9.17) is 4.74 Å². The van der Waals surface area contributed by atoms with E-state index in [9.17, 15) is 8.42 Å². The minimum atomic E-state index is -3.51. The molecule has 2 atom stereocenters. The van der Waals surface area contributed by atoms with Crippen LogP contribution in [0, 0.1) is 13.8 Å². The van der Waals surface area contributed by atoms with Crippen LogP contribution in [0.5, 0.6) is 0 Å². The molecule has 2 unspecified atom stereocenters. The zero-order valence-corrected chi connectivity index (χ0v) is 11.9. The lowest BCUT2D eigenvalue weighted by molar-refractivity contribution is 0.102. The first-order valence-corrected chi connectivity index (χ1v) is 7.41. The maximum atomic E-state index is 12.6. The van der Waals surface area contributed by atoms with Crippen LogP contribution in [-0.2, 0) is 14.8 Å². The van der Waals surface area contributed by atoms with Gasteiger partial charge in [-0.3, -0.25) is 5.10 Å². The summed E-state index contributed by atoms with van der Waals surface area (Å²) >= 11 is 0. The molecule has 1 aliphatic heterocycles. The van der Waals surface area contributed by atoms with E-state index in [0.29, 0.717) is 18.0 Å². The summed E-state index contributed by atoms with van der Waals surface area (Å²) in [5.74, 6) is 0. The number of nitrogens with one attached hydrogen (secondary N) is 1. The van der Waals surface area contributed by atoms with Crippen molar-refractivity contribution in [3.63, 3.8) is 0 Å². The fourth-order valence-corrected chi connectivity index (χ4v) is 4.21. The molecule has 18 heavy (non-hydrogen) atoms. The van der Waals surface area contributed by atoms with Gasteiger partial charge in [0.25, 0.3) is 0 Å². The summed E-state index contributed by atoms with van der Waals surface area (Å²) in [7, 11) is -1.91. The van der Waals surface area contributed by atoms with Crippen molar-refractivity contribution in [2.24, 2.45) is 0 Å². The lowest BCUT2D eigenvalue weighted by Crippen LogP contribution is -2.41. The van der Waals surface area contributed by atoms with Crippen LogP contribution < -0.4 is 0 Å². The van der Waals surface area contributed by atoms with Gasteiger partial charge < -0.3 is 4.74 Å². The van der Waals surface area contributed by atoms with Crippen LogP contribution in [0.15, 0.2) is 4.90 Å². The first-order chi connectivity index (χ1) is 8.35. The van der Waals surface area contributed by atoms with E-state index in [0.717, 1.165) is 6.42 Å². The summed E-state index contributed by atoms with van der Waals surface area (Å²) in [6, 6.07) is -0.108. The fourth-order valence-electron chi connectivity index (χ4n) is 2.44. The van der Waals surface area contributed by atoms with E-state index in [1.165, 1.54) is 4.31 Å². The predicted octanol–water partition coefficient (Wildman–Crippen LogP) is 0.824. The third kappa shape index (κ3) is 2.06. The lowest BCUT2D eigenvalue weighted by atomic mass is 10.2. The SMILES string of the molecule is Cc1n[nH]c(C)c1S(=O)(=O)N(C)C1CCOC1C. The van der Waals surface area contributed by atoms with Gasteiger partial charge in [0.1, 0.15) is 4.90 Å². The monoisotopic (exact) mass is 273 g/mol. The Labute approximate surface area is 107 Å². The molecule has 0 aromatic carbocycles. The number of aromatic amines is 1. The molecule has 0 radical (unpaired) electrons. The number of nitrogens with zero attached hydrogens (tertiary/aromatic N) is 2. The Bertz CT molecular complexity index is 518. The largest absolute Gasteiger partial charge is 0.377 e. The zero-order valence-electron chi connectivity index (χ0n) is 11.1. The van der Waals surface area contributed by atoms with Gasteiger partial charge >= 0.3 is 0 Å². The molecule has 1 aromatic rings. The molecule has 0 amide bonds. The van der Waals surface area contributed by atoms with Gasteiger partial charge in [0, 0.05) is 13.7 Å². The Morgan fingerprint density at radius 1 is 1.44 bits per heavy atom. The molecule has 1 aromatic heterocycles. The van der Waals surface area contributed by atoms with Crippen LogP contribution in [0.4, 0.5) is 0 Å². The van der Waals surface area contributed by atoms with E-state index < -0.39 is 10.0 Å². The van der Waals surface area contributed by atoms with E-state index in [1.807, 2.05) is 6.92 Å². The first-order valence-electron chi connectivity index (χ1n) is 5.97. The van der Waals surface area contributed by atoms with Crippen molar-refractivity contribution < 1.29 is 13.2 Å². The molecular weight excluding hydrogens is 254 g/mol. The normalized spacial score (nSPS) is 24.9. The van der Waals surface area contributed by atoms with Gasteiger partial charge in [0.15, 0.2) is 0 Å². The topological polar surface area (TPSA) is 75.3 Å². The maximum absolute atomic E-state index is 12.6. The van der Waals surface area contributed by atoms with Crippen LogP contribution in [0.3, 0.4) is 0 Å². The molecule has 0 aliphatic carbocycles. The van der Waals surface area contributed by atoms with Crippen molar-refractivity contribution in [1.29, 1.82) is 0 Å². The first kappa shape index (κ1) is 13.5. The van der Waals surface area contributed by atoms with Gasteiger partial charge in [-0.25, -0.2) is 8.42 Å². The van der Waals surface area contributed by atoms with Crippen molar-refractivity contribution in [1.82, 2.24) is 14.5 Å². The molecule has 7 heteroatoms. The molecule has 102 valence electrons. The summed E-state index contributed by atoms with van der Waals surface area (Å²) in [5.41, 5.74) is 1.08. The lowest BCUT2D eigenvalue weighted by Gasteiger charge is -2.26. The average molecular weight is 273 g/mol. The Hall–Kier alpha value is -0.920. The van der Waals surface area contributed by atoms with E-state index >= 15 is 0 Å². The van der Waals surface area contributed by atoms with Gasteiger partial charge in [0.2, 0.25) is 10.0 Å². The Morgan fingerprint density at radius 3 is 2.56 bits per heavy atom. The van der Waals surface area contributed by atoms with Gasteiger partial charge in [0.05, 0.1) is 23.5 Å². The summed E-state index contributed by atoms with van der Waals surface area (Å²) in [5, 5.41) is 6.66. The number of sulfonamides is 1. The van der Waals surface area contributed by atoms with Crippen molar-refractivity contribution in [3.8, 4) is 0 Å². The Balaban J connectivity index is 2.37. The number of H-pyrrole nitrogens is 1. The molecule has 0 saturated carbocycles. The van der Waals surface area contributed by atoms with E-state index in [2.05, 4.69) is 10.2 Å². The fraction of sp³-hybridized carbons (Fsp3) is 0.727.